The molecule has 2 aromatic rings. The summed E-state index contributed by atoms with van der Waals surface area (Å²) in [6.07, 6.45) is 4.29. The average Bonchev–Trinajstić information content (AvgIpc) is 3.08. The van der Waals surface area contributed by atoms with E-state index >= 15 is 0 Å². The molecule has 0 bridgehead atoms. The minimum atomic E-state index is -0.416. The van der Waals surface area contributed by atoms with Crippen LogP contribution < -0.4 is 11.0 Å². The monoisotopic (exact) mass is 303 g/mol. The minimum Gasteiger partial charge on any atom is -0.379 e. The van der Waals surface area contributed by atoms with Crippen LogP contribution in [-0.2, 0) is 18.2 Å². The summed E-state index contributed by atoms with van der Waals surface area (Å²) in [6, 6.07) is 3.80. The van der Waals surface area contributed by atoms with Gasteiger partial charge in [-0.2, -0.15) is 0 Å². The van der Waals surface area contributed by atoms with Gasteiger partial charge in [-0.1, -0.05) is 0 Å². The van der Waals surface area contributed by atoms with Gasteiger partial charge in [0.25, 0.3) is 5.91 Å². The largest absolute Gasteiger partial charge is 0.379 e. The molecule has 2 N–H and O–H groups in total. The topological polar surface area (TPSA) is 102 Å². The summed E-state index contributed by atoms with van der Waals surface area (Å²) in [6.45, 7) is 1.05. The lowest BCUT2D eigenvalue weighted by atomic mass is 9.95. The summed E-state index contributed by atoms with van der Waals surface area (Å²) in [7, 11) is 1.49. The number of carbonyl (C=O) groups is 1. The second-order valence-corrected chi connectivity index (χ2v) is 5.34. The molecule has 0 spiro atoms. The molecule has 0 unspecified atom stereocenters. The molecule has 3 rings (SSSR count). The molecule has 0 aliphatic carbocycles. The van der Waals surface area contributed by atoms with E-state index in [1.54, 1.807) is 12.4 Å². The second kappa shape index (κ2) is 6.10. The number of rotatable bonds is 4. The van der Waals surface area contributed by atoms with E-state index in [0.29, 0.717) is 13.2 Å². The summed E-state index contributed by atoms with van der Waals surface area (Å²) in [5.74, 6) is -0.197. The highest BCUT2D eigenvalue weighted by Gasteiger charge is 2.30. The Morgan fingerprint density at radius 2 is 2.23 bits per heavy atom. The molecule has 0 radical (unpaired) electrons. The first kappa shape index (κ1) is 14.5. The van der Waals surface area contributed by atoms with Crippen LogP contribution in [0.3, 0.4) is 0 Å². The number of H-pyrrole nitrogens is 1. The Labute approximate surface area is 126 Å². The molecule has 8 heteroatoms. The van der Waals surface area contributed by atoms with Crippen LogP contribution in [0.2, 0.25) is 0 Å². The number of ether oxygens (including phenoxy) is 1. The van der Waals surface area contributed by atoms with E-state index in [1.165, 1.54) is 7.05 Å². The van der Waals surface area contributed by atoms with E-state index in [-0.39, 0.29) is 17.8 Å². The second-order valence-electron chi connectivity index (χ2n) is 5.34. The number of nitrogens with one attached hydrogen (secondary N) is 2. The molecule has 1 saturated heterocycles. The van der Waals surface area contributed by atoms with Crippen LogP contribution in [-0.4, -0.2) is 44.9 Å². The number of carbonyl (C=O) groups excluding carboxylic acids is 1. The van der Waals surface area contributed by atoms with E-state index in [1.807, 2.05) is 12.1 Å². The van der Waals surface area contributed by atoms with Crippen molar-refractivity contribution in [3.63, 3.8) is 0 Å². The van der Waals surface area contributed by atoms with Crippen LogP contribution in [0.4, 0.5) is 0 Å². The number of aromatic amines is 1. The standard InChI is InChI=1S/C14H17N5O3/c1-19-14(21)17-12(18-19)13(20)16-11-8-22-7-10(11)6-9-2-4-15-5-3-9/h2-5,10-11H,6-8H2,1H3,(H,16,20)(H,17,18,21)/t10-,11-/m1/s1. The Morgan fingerprint density at radius 1 is 1.45 bits per heavy atom. The van der Waals surface area contributed by atoms with Gasteiger partial charge in [0.2, 0.25) is 5.82 Å². The van der Waals surface area contributed by atoms with Crippen molar-refractivity contribution in [2.24, 2.45) is 13.0 Å². The molecule has 0 aromatic carbocycles. The molecule has 1 fully saturated rings. The third kappa shape index (κ3) is 3.06. The zero-order chi connectivity index (χ0) is 15.5. The van der Waals surface area contributed by atoms with Crippen LogP contribution in [0, 0.1) is 5.92 Å². The third-order valence-electron chi connectivity index (χ3n) is 3.75. The van der Waals surface area contributed by atoms with Crippen LogP contribution in [0.1, 0.15) is 16.2 Å². The zero-order valence-corrected chi connectivity index (χ0v) is 12.2. The lowest BCUT2D eigenvalue weighted by Crippen LogP contribution is -2.41. The summed E-state index contributed by atoms with van der Waals surface area (Å²) in [5.41, 5.74) is 0.733. The maximum atomic E-state index is 12.1. The van der Waals surface area contributed by atoms with Gasteiger partial charge in [-0.15, -0.1) is 5.10 Å². The number of hydrogen-bond acceptors (Lipinski definition) is 5. The molecular weight excluding hydrogens is 286 g/mol. The maximum Gasteiger partial charge on any atom is 0.343 e. The highest BCUT2D eigenvalue weighted by molar-refractivity contribution is 5.90. The molecule has 22 heavy (non-hydrogen) atoms. The van der Waals surface area contributed by atoms with E-state index in [0.717, 1.165) is 16.7 Å². The maximum absolute atomic E-state index is 12.1. The summed E-state index contributed by atoms with van der Waals surface area (Å²) >= 11 is 0. The normalized spacial score (nSPS) is 21.0. The first-order valence-corrected chi connectivity index (χ1v) is 7.04. The van der Waals surface area contributed by atoms with E-state index < -0.39 is 11.6 Å². The van der Waals surface area contributed by atoms with Gasteiger partial charge < -0.3 is 10.1 Å². The number of aryl methyl sites for hydroxylation is 1. The Bertz CT molecular complexity index is 709. The van der Waals surface area contributed by atoms with Gasteiger partial charge in [0.1, 0.15) is 0 Å². The molecule has 2 aromatic heterocycles. The van der Waals surface area contributed by atoms with Crippen LogP contribution in [0.5, 0.6) is 0 Å². The van der Waals surface area contributed by atoms with Crippen molar-refractivity contribution < 1.29 is 9.53 Å². The van der Waals surface area contributed by atoms with E-state index in [9.17, 15) is 9.59 Å². The summed E-state index contributed by atoms with van der Waals surface area (Å²) in [4.78, 5) is 29.9. The van der Waals surface area contributed by atoms with Gasteiger partial charge in [-0.3, -0.25) is 14.8 Å². The fourth-order valence-corrected chi connectivity index (χ4v) is 2.52. The Hall–Kier alpha value is -2.48. The van der Waals surface area contributed by atoms with Crippen LogP contribution >= 0.6 is 0 Å². The van der Waals surface area contributed by atoms with Crippen LogP contribution in [0.15, 0.2) is 29.3 Å². The number of amides is 1. The van der Waals surface area contributed by atoms with Crippen molar-refractivity contribution in [2.75, 3.05) is 13.2 Å². The lowest BCUT2D eigenvalue weighted by Gasteiger charge is -2.18. The van der Waals surface area contributed by atoms with Crippen molar-refractivity contribution in [3.05, 3.63) is 46.4 Å². The molecular formula is C14H17N5O3. The third-order valence-corrected chi connectivity index (χ3v) is 3.75. The van der Waals surface area contributed by atoms with Crippen molar-refractivity contribution in [1.82, 2.24) is 25.1 Å². The molecule has 1 amide bonds. The number of pyridine rings is 1. The fourth-order valence-electron chi connectivity index (χ4n) is 2.52. The minimum absolute atomic E-state index is 0.0158. The molecule has 2 atom stereocenters. The molecule has 3 heterocycles. The molecule has 116 valence electrons. The predicted molar refractivity (Wildman–Crippen MR) is 77.3 cm³/mol. The zero-order valence-electron chi connectivity index (χ0n) is 12.2. The molecule has 1 aliphatic heterocycles. The summed E-state index contributed by atoms with van der Waals surface area (Å²) < 4.78 is 6.57. The van der Waals surface area contributed by atoms with Gasteiger partial charge in [0, 0.05) is 25.4 Å². The van der Waals surface area contributed by atoms with Gasteiger partial charge in [0.05, 0.1) is 19.3 Å². The molecule has 1 aliphatic rings. The van der Waals surface area contributed by atoms with Gasteiger partial charge in [-0.25, -0.2) is 9.48 Å². The van der Waals surface area contributed by atoms with E-state index in [2.05, 4.69) is 20.4 Å². The Morgan fingerprint density at radius 3 is 2.91 bits per heavy atom. The van der Waals surface area contributed by atoms with E-state index in [4.69, 9.17) is 4.74 Å². The quantitative estimate of drug-likeness (QED) is 0.792. The number of hydrogen-bond donors (Lipinski definition) is 2. The summed E-state index contributed by atoms with van der Waals surface area (Å²) in [5, 5.41) is 6.73. The molecule has 0 saturated carbocycles. The van der Waals surface area contributed by atoms with Crippen molar-refractivity contribution in [3.8, 4) is 0 Å². The average molecular weight is 303 g/mol. The lowest BCUT2D eigenvalue weighted by molar-refractivity contribution is 0.0914. The fraction of sp³-hybridized carbons (Fsp3) is 0.429. The molecule has 8 nitrogen and oxygen atoms in total. The Balaban J connectivity index is 1.66. The van der Waals surface area contributed by atoms with Crippen molar-refractivity contribution in [1.29, 1.82) is 0 Å². The highest BCUT2D eigenvalue weighted by atomic mass is 16.5. The van der Waals surface area contributed by atoms with Crippen molar-refractivity contribution in [2.45, 2.75) is 12.5 Å². The first-order chi connectivity index (χ1) is 10.6. The van der Waals surface area contributed by atoms with Crippen molar-refractivity contribution >= 4 is 5.91 Å². The number of nitrogens with zero attached hydrogens (tertiary/aromatic N) is 3. The van der Waals surface area contributed by atoms with Crippen LogP contribution in [0.25, 0.3) is 0 Å². The Kier molecular flexibility index (Phi) is 4.01. The predicted octanol–water partition coefficient (Wildman–Crippen LogP) is -0.509. The van der Waals surface area contributed by atoms with Gasteiger partial charge in [0.15, 0.2) is 0 Å². The SMILES string of the molecule is Cn1nc(C(=O)N[C@@H]2COC[C@H]2Cc2ccncc2)[nH]c1=O. The van der Waals surface area contributed by atoms with Gasteiger partial charge >= 0.3 is 5.69 Å². The number of aromatic nitrogens is 4. The first-order valence-electron chi connectivity index (χ1n) is 7.04. The highest BCUT2D eigenvalue weighted by Crippen LogP contribution is 2.19. The smallest absolute Gasteiger partial charge is 0.343 e. The van der Waals surface area contributed by atoms with Gasteiger partial charge in [-0.05, 0) is 24.1 Å².